The smallest absolute Gasteiger partial charge is 0.313 e. The molecule has 1 aliphatic carbocycles. The van der Waals surface area contributed by atoms with Gasteiger partial charge in [-0.25, -0.2) is 17.6 Å². The summed E-state index contributed by atoms with van der Waals surface area (Å²) in [5.74, 6) is -7.49. The van der Waals surface area contributed by atoms with Crippen LogP contribution in [0.5, 0.6) is 0 Å². The molecule has 1 aliphatic rings. The molecule has 152 valence electrons. The number of methoxy groups -OCH3 is 1. The molecule has 0 aromatic heterocycles. The Hall–Kier alpha value is -3.16. The number of esters is 1. The van der Waals surface area contributed by atoms with E-state index in [1.54, 1.807) is 18.2 Å². The minimum atomic E-state index is -1.40. The maximum atomic E-state index is 14.2. The minimum Gasteiger partial charge on any atom is -0.469 e. The van der Waals surface area contributed by atoms with Crippen LogP contribution >= 0.6 is 0 Å². The molecular weight excluding hydrogens is 390 g/mol. The van der Waals surface area contributed by atoms with E-state index in [0.29, 0.717) is 12.1 Å². The summed E-state index contributed by atoms with van der Waals surface area (Å²) in [5, 5.41) is 2.49. The number of halogens is 4. The van der Waals surface area contributed by atoms with Gasteiger partial charge in [0.1, 0.15) is 11.6 Å². The van der Waals surface area contributed by atoms with Crippen LogP contribution in [0.4, 0.5) is 17.6 Å². The average Bonchev–Trinajstić information content (AvgIpc) is 3.14. The summed E-state index contributed by atoms with van der Waals surface area (Å²) in [6.07, 6.45) is 3.43. The number of carbonyl (C=O) groups is 2. The molecule has 1 amide bonds. The van der Waals surface area contributed by atoms with E-state index in [-0.39, 0.29) is 12.0 Å². The van der Waals surface area contributed by atoms with Crippen LogP contribution in [0, 0.1) is 29.2 Å². The molecule has 3 rings (SSSR count). The van der Waals surface area contributed by atoms with Crippen LogP contribution in [-0.4, -0.2) is 25.0 Å². The van der Waals surface area contributed by atoms with E-state index >= 15 is 0 Å². The van der Waals surface area contributed by atoms with Crippen LogP contribution in [0.1, 0.15) is 28.3 Å². The molecule has 0 fully saturated rings. The molecule has 0 bridgehead atoms. The summed E-state index contributed by atoms with van der Waals surface area (Å²) < 4.78 is 59.2. The van der Waals surface area contributed by atoms with Crippen molar-refractivity contribution in [2.75, 3.05) is 7.11 Å². The molecule has 0 saturated heterocycles. The molecule has 8 heteroatoms. The van der Waals surface area contributed by atoms with Crippen LogP contribution in [0.2, 0.25) is 0 Å². The van der Waals surface area contributed by atoms with Crippen molar-refractivity contribution in [3.05, 3.63) is 82.9 Å². The number of ether oxygens (including phenoxy) is 1. The minimum absolute atomic E-state index is 0.160. The fraction of sp³-hybridized carbons (Fsp3) is 0.238. The Balaban J connectivity index is 1.76. The van der Waals surface area contributed by atoms with Gasteiger partial charge in [0.2, 0.25) is 0 Å². The van der Waals surface area contributed by atoms with Crippen LogP contribution in [0.15, 0.2) is 48.6 Å². The molecule has 29 heavy (non-hydrogen) atoms. The normalized spacial score (nSPS) is 19.1. The van der Waals surface area contributed by atoms with E-state index in [1.165, 1.54) is 25.3 Å². The monoisotopic (exact) mass is 407 g/mol. The number of amides is 1. The van der Waals surface area contributed by atoms with Gasteiger partial charge in [-0.2, -0.15) is 0 Å². The zero-order valence-electron chi connectivity index (χ0n) is 15.3. The highest BCUT2D eigenvalue weighted by Crippen LogP contribution is 2.35. The lowest BCUT2D eigenvalue weighted by Crippen LogP contribution is -2.34. The van der Waals surface area contributed by atoms with Gasteiger partial charge in [0.05, 0.1) is 18.6 Å². The number of rotatable bonds is 5. The van der Waals surface area contributed by atoms with E-state index in [4.69, 9.17) is 4.74 Å². The Morgan fingerprint density at radius 1 is 1.00 bits per heavy atom. The Morgan fingerprint density at radius 3 is 2.38 bits per heavy atom. The first-order valence-corrected chi connectivity index (χ1v) is 8.77. The van der Waals surface area contributed by atoms with E-state index in [1.807, 2.05) is 0 Å². The summed E-state index contributed by atoms with van der Waals surface area (Å²) in [6.45, 7) is 0. The zero-order valence-corrected chi connectivity index (χ0v) is 15.3. The van der Waals surface area contributed by atoms with Gasteiger partial charge in [0.15, 0.2) is 11.6 Å². The van der Waals surface area contributed by atoms with Crippen molar-refractivity contribution in [2.24, 2.45) is 5.92 Å². The topological polar surface area (TPSA) is 55.4 Å². The summed E-state index contributed by atoms with van der Waals surface area (Å²) in [6, 6.07) is 5.96. The highest BCUT2D eigenvalue weighted by Gasteiger charge is 2.35. The molecule has 1 N–H and O–H groups in total. The molecule has 0 aliphatic heterocycles. The van der Waals surface area contributed by atoms with Gasteiger partial charge in [0, 0.05) is 17.7 Å². The van der Waals surface area contributed by atoms with Gasteiger partial charge in [-0.3, -0.25) is 9.59 Å². The Labute approximate surface area is 164 Å². The lowest BCUT2D eigenvalue weighted by atomic mass is 9.85. The first-order chi connectivity index (χ1) is 13.8. The molecule has 0 heterocycles. The van der Waals surface area contributed by atoms with Crippen molar-refractivity contribution >= 4 is 11.9 Å². The first-order valence-electron chi connectivity index (χ1n) is 8.77. The molecule has 0 spiro atoms. The van der Waals surface area contributed by atoms with Crippen molar-refractivity contribution in [3.8, 4) is 0 Å². The van der Waals surface area contributed by atoms with E-state index < -0.39 is 58.6 Å². The van der Waals surface area contributed by atoms with Crippen molar-refractivity contribution in [1.29, 1.82) is 0 Å². The van der Waals surface area contributed by atoms with Crippen molar-refractivity contribution in [1.82, 2.24) is 5.32 Å². The first kappa shape index (κ1) is 20.6. The number of hydrogen-bond donors (Lipinski definition) is 1. The number of nitrogens with one attached hydrogen (secondary N) is 1. The SMILES string of the molecule is COC(=O)C(c1ccccc1F)C1C=CC(NC(=O)c2cc(F)c(F)cc2F)C1. The van der Waals surface area contributed by atoms with Gasteiger partial charge >= 0.3 is 5.97 Å². The number of carbonyl (C=O) groups excluding carboxylic acids is 2. The Bertz CT molecular complexity index is 976. The Morgan fingerprint density at radius 2 is 1.69 bits per heavy atom. The van der Waals surface area contributed by atoms with E-state index in [2.05, 4.69) is 5.32 Å². The second kappa shape index (κ2) is 8.46. The van der Waals surface area contributed by atoms with Crippen LogP contribution in [0.25, 0.3) is 0 Å². The summed E-state index contributed by atoms with van der Waals surface area (Å²) in [7, 11) is 1.19. The second-order valence-corrected chi connectivity index (χ2v) is 6.63. The fourth-order valence-corrected chi connectivity index (χ4v) is 3.41. The predicted molar refractivity (Wildman–Crippen MR) is 96.0 cm³/mol. The third-order valence-electron chi connectivity index (χ3n) is 4.81. The highest BCUT2D eigenvalue weighted by molar-refractivity contribution is 5.94. The zero-order chi connectivity index (χ0) is 21.1. The number of allylic oxidation sites excluding steroid dienone is 1. The molecule has 0 saturated carbocycles. The third-order valence-corrected chi connectivity index (χ3v) is 4.81. The van der Waals surface area contributed by atoms with Crippen LogP contribution in [-0.2, 0) is 9.53 Å². The highest BCUT2D eigenvalue weighted by atomic mass is 19.2. The molecule has 3 atom stereocenters. The predicted octanol–water partition coefficient (Wildman–Crippen LogP) is 3.87. The van der Waals surface area contributed by atoms with E-state index in [9.17, 15) is 27.2 Å². The van der Waals surface area contributed by atoms with Gasteiger partial charge in [-0.15, -0.1) is 0 Å². The third kappa shape index (κ3) is 4.31. The van der Waals surface area contributed by atoms with Crippen molar-refractivity contribution in [3.63, 3.8) is 0 Å². The lowest BCUT2D eigenvalue weighted by molar-refractivity contribution is -0.143. The van der Waals surface area contributed by atoms with Crippen LogP contribution in [0.3, 0.4) is 0 Å². The second-order valence-electron chi connectivity index (χ2n) is 6.63. The Kier molecular flexibility index (Phi) is 6.00. The fourth-order valence-electron chi connectivity index (χ4n) is 3.41. The summed E-state index contributed by atoms with van der Waals surface area (Å²) in [5.41, 5.74) is -0.480. The van der Waals surface area contributed by atoms with Gasteiger partial charge in [0.25, 0.3) is 5.91 Å². The largest absolute Gasteiger partial charge is 0.469 e. The number of hydrogen-bond acceptors (Lipinski definition) is 3. The molecular formula is C21H17F4NO3. The molecule has 3 unspecified atom stereocenters. The summed E-state index contributed by atoms with van der Waals surface area (Å²) in [4.78, 5) is 24.5. The van der Waals surface area contributed by atoms with Crippen molar-refractivity contribution in [2.45, 2.75) is 18.4 Å². The lowest BCUT2D eigenvalue weighted by Gasteiger charge is -2.22. The molecule has 2 aromatic rings. The quantitative estimate of drug-likeness (QED) is 0.354. The maximum Gasteiger partial charge on any atom is 0.313 e. The molecule has 0 radical (unpaired) electrons. The van der Waals surface area contributed by atoms with Crippen molar-refractivity contribution < 1.29 is 31.9 Å². The standard InChI is InChI=1S/C21H17F4NO3/c1-29-21(28)19(13-4-2-3-5-15(13)22)11-6-7-12(8-11)26-20(27)14-9-17(24)18(25)10-16(14)23/h2-7,9-12,19H,8H2,1H3,(H,26,27). The van der Waals surface area contributed by atoms with Gasteiger partial charge in [-0.1, -0.05) is 30.4 Å². The number of benzene rings is 2. The van der Waals surface area contributed by atoms with Gasteiger partial charge in [-0.05, 0) is 24.5 Å². The maximum absolute atomic E-state index is 14.2. The summed E-state index contributed by atoms with van der Waals surface area (Å²) >= 11 is 0. The van der Waals surface area contributed by atoms with E-state index in [0.717, 1.165) is 0 Å². The molecule has 2 aromatic carbocycles. The molecule has 4 nitrogen and oxygen atoms in total. The van der Waals surface area contributed by atoms with Gasteiger partial charge < -0.3 is 10.1 Å². The van der Waals surface area contributed by atoms with Crippen LogP contribution < -0.4 is 5.32 Å². The average molecular weight is 407 g/mol.